The molecule has 0 aliphatic rings. The molecule has 0 aliphatic carbocycles. The first-order valence-electron chi connectivity index (χ1n) is 6.49. The van der Waals surface area contributed by atoms with Crippen LogP contribution in [0.1, 0.15) is 20.8 Å². The molecule has 4 heteroatoms. The number of carbonyl (C=O) groups is 1. The summed E-state index contributed by atoms with van der Waals surface area (Å²) in [7, 11) is 1.60. The molecule has 0 aromatic heterocycles. The van der Waals surface area contributed by atoms with Crippen molar-refractivity contribution in [1.29, 1.82) is 0 Å². The van der Waals surface area contributed by atoms with Gasteiger partial charge in [0.05, 0.1) is 19.1 Å². The molecule has 1 aromatic carbocycles. The fourth-order valence-corrected chi connectivity index (χ4v) is 1.70. The van der Waals surface area contributed by atoms with E-state index in [1.165, 1.54) is 0 Å². The van der Waals surface area contributed by atoms with Crippen molar-refractivity contribution in [2.75, 3.05) is 19.0 Å². The number of esters is 1. The van der Waals surface area contributed by atoms with Gasteiger partial charge in [0.15, 0.2) is 0 Å². The number of terminal acetylenes is 1. The van der Waals surface area contributed by atoms with Gasteiger partial charge in [0.2, 0.25) is 0 Å². The van der Waals surface area contributed by atoms with Crippen molar-refractivity contribution in [1.82, 2.24) is 0 Å². The SMILES string of the molecule is C#CC(C)(C)C(Nc1ccc(OC)cc1)C(=O)OCC. The largest absolute Gasteiger partial charge is 0.497 e. The third-order valence-corrected chi connectivity index (χ3v) is 3.02. The van der Waals surface area contributed by atoms with Crippen molar-refractivity contribution in [2.45, 2.75) is 26.8 Å². The molecule has 0 bridgehead atoms. The molecule has 0 heterocycles. The normalized spacial score (nSPS) is 12.2. The Labute approximate surface area is 120 Å². The number of hydrogen-bond donors (Lipinski definition) is 1. The van der Waals surface area contributed by atoms with Crippen LogP contribution in [0.5, 0.6) is 5.75 Å². The number of ether oxygens (including phenoxy) is 2. The van der Waals surface area contributed by atoms with Gasteiger partial charge in [0.25, 0.3) is 0 Å². The predicted octanol–water partition coefficient (Wildman–Crippen LogP) is 2.70. The average Bonchev–Trinajstić information content (AvgIpc) is 2.45. The molecule has 108 valence electrons. The van der Waals surface area contributed by atoms with Crippen molar-refractivity contribution in [3.05, 3.63) is 24.3 Å². The number of rotatable bonds is 6. The minimum atomic E-state index is -0.661. The maximum absolute atomic E-state index is 12.1. The molecule has 1 atom stereocenters. The Hall–Kier alpha value is -2.15. The topological polar surface area (TPSA) is 47.6 Å². The van der Waals surface area contributed by atoms with Crippen LogP contribution >= 0.6 is 0 Å². The Morgan fingerprint density at radius 3 is 2.45 bits per heavy atom. The van der Waals surface area contributed by atoms with Crippen LogP contribution in [0.3, 0.4) is 0 Å². The Morgan fingerprint density at radius 1 is 1.40 bits per heavy atom. The zero-order chi connectivity index (χ0) is 15.2. The van der Waals surface area contributed by atoms with Crippen LogP contribution in [0.15, 0.2) is 24.3 Å². The third kappa shape index (κ3) is 3.92. The molecule has 0 aliphatic heterocycles. The summed E-state index contributed by atoms with van der Waals surface area (Å²) in [6, 6.07) is 6.68. The number of benzene rings is 1. The van der Waals surface area contributed by atoms with Gasteiger partial charge in [-0.2, -0.15) is 0 Å². The van der Waals surface area contributed by atoms with Crippen LogP contribution in [-0.2, 0) is 9.53 Å². The molecule has 1 unspecified atom stereocenters. The van der Waals surface area contributed by atoms with E-state index in [4.69, 9.17) is 15.9 Å². The highest BCUT2D eigenvalue weighted by Gasteiger charge is 2.35. The lowest BCUT2D eigenvalue weighted by Crippen LogP contribution is -2.43. The minimum Gasteiger partial charge on any atom is -0.497 e. The quantitative estimate of drug-likeness (QED) is 0.640. The van der Waals surface area contributed by atoms with Crippen molar-refractivity contribution < 1.29 is 14.3 Å². The molecule has 20 heavy (non-hydrogen) atoms. The second-order valence-electron chi connectivity index (χ2n) is 4.92. The van der Waals surface area contributed by atoms with Gasteiger partial charge in [-0.15, -0.1) is 6.42 Å². The van der Waals surface area contributed by atoms with Gasteiger partial charge in [-0.05, 0) is 45.0 Å². The summed E-state index contributed by atoms with van der Waals surface area (Å²) in [5.41, 5.74) is 0.124. The Kier molecular flexibility index (Phi) is 5.45. The zero-order valence-corrected chi connectivity index (χ0v) is 12.4. The first kappa shape index (κ1) is 15.9. The summed E-state index contributed by atoms with van der Waals surface area (Å²) in [4.78, 5) is 12.1. The van der Waals surface area contributed by atoms with E-state index >= 15 is 0 Å². The van der Waals surface area contributed by atoms with Gasteiger partial charge in [-0.25, -0.2) is 4.79 Å². The van der Waals surface area contributed by atoms with E-state index in [0.29, 0.717) is 6.61 Å². The van der Waals surface area contributed by atoms with E-state index in [1.54, 1.807) is 14.0 Å². The van der Waals surface area contributed by atoms with Crippen LogP contribution in [0.25, 0.3) is 0 Å². The molecule has 0 amide bonds. The van der Waals surface area contributed by atoms with Crippen LogP contribution in [-0.4, -0.2) is 25.7 Å². The van der Waals surface area contributed by atoms with Crippen LogP contribution in [0.4, 0.5) is 5.69 Å². The lowest BCUT2D eigenvalue weighted by Gasteiger charge is -2.29. The van der Waals surface area contributed by atoms with Gasteiger partial charge in [0.1, 0.15) is 11.8 Å². The predicted molar refractivity (Wildman–Crippen MR) is 79.7 cm³/mol. The van der Waals surface area contributed by atoms with E-state index in [-0.39, 0.29) is 5.97 Å². The van der Waals surface area contributed by atoms with Crippen molar-refractivity contribution in [3.63, 3.8) is 0 Å². The number of methoxy groups -OCH3 is 1. The molecular weight excluding hydrogens is 254 g/mol. The maximum Gasteiger partial charge on any atom is 0.330 e. The Morgan fingerprint density at radius 2 is 2.00 bits per heavy atom. The summed E-state index contributed by atoms with van der Waals surface area (Å²) in [6.07, 6.45) is 5.52. The number of carbonyl (C=O) groups excluding carboxylic acids is 1. The van der Waals surface area contributed by atoms with E-state index < -0.39 is 11.5 Å². The van der Waals surface area contributed by atoms with Gasteiger partial charge < -0.3 is 14.8 Å². The van der Waals surface area contributed by atoms with Gasteiger partial charge in [-0.3, -0.25) is 0 Å². The molecule has 0 fully saturated rings. The highest BCUT2D eigenvalue weighted by Crippen LogP contribution is 2.25. The monoisotopic (exact) mass is 275 g/mol. The highest BCUT2D eigenvalue weighted by atomic mass is 16.5. The van der Waals surface area contributed by atoms with E-state index in [9.17, 15) is 4.79 Å². The molecule has 0 saturated carbocycles. The van der Waals surface area contributed by atoms with Crippen LogP contribution < -0.4 is 10.1 Å². The molecule has 0 saturated heterocycles. The summed E-state index contributed by atoms with van der Waals surface area (Å²) < 4.78 is 10.2. The fourth-order valence-electron chi connectivity index (χ4n) is 1.70. The first-order valence-corrected chi connectivity index (χ1v) is 6.49. The second kappa shape index (κ2) is 6.85. The lowest BCUT2D eigenvalue weighted by atomic mass is 9.85. The number of nitrogens with one attached hydrogen (secondary N) is 1. The van der Waals surface area contributed by atoms with Crippen LogP contribution in [0, 0.1) is 17.8 Å². The average molecular weight is 275 g/mol. The molecule has 0 radical (unpaired) electrons. The summed E-state index contributed by atoms with van der Waals surface area (Å²) in [6.45, 7) is 5.74. The second-order valence-corrected chi connectivity index (χ2v) is 4.92. The Balaban J connectivity index is 2.94. The smallest absolute Gasteiger partial charge is 0.330 e. The molecule has 0 spiro atoms. The van der Waals surface area contributed by atoms with Crippen molar-refractivity contribution in [2.24, 2.45) is 5.41 Å². The molecule has 1 N–H and O–H groups in total. The minimum absolute atomic E-state index is 0.320. The first-order chi connectivity index (χ1) is 9.44. The van der Waals surface area contributed by atoms with Gasteiger partial charge >= 0.3 is 5.97 Å². The Bertz CT molecular complexity index is 485. The van der Waals surface area contributed by atoms with E-state index in [0.717, 1.165) is 11.4 Å². The number of anilines is 1. The van der Waals surface area contributed by atoms with Crippen molar-refractivity contribution >= 4 is 11.7 Å². The van der Waals surface area contributed by atoms with Gasteiger partial charge in [0, 0.05) is 5.69 Å². The summed E-state index contributed by atoms with van der Waals surface area (Å²) >= 11 is 0. The van der Waals surface area contributed by atoms with Gasteiger partial charge in [-0.1, -0.05) is 5.92 Å². The summed E-state index contributed by atoms with van der Waals surface area (Å²) in [5, 5.41) is 3.13. The summed E-state index contributed by atoms with van der Waals surface area (Å²) in [5.74, 6) is 3.03. The zero-order valence-electron chi connectivity index (χ0n) is 12.4. The standard InChI is InChI=1S/C16H21NO3/c1-6-16(3,4)14(15(18)20-7-2)17-12-8-10-13(19-5)11-9-12/h1,8-11,14,17H,7H2,2-5H3. The number of hydrogen-bond acceptors (Lipinski definition) is 4. The van der Waals surface area contributed by atoms with Crippen molar-refractivity contribution in [3.8, 4) is 18.1 Å². The molecular formula is C16H21NO3. The molecule has 4 nitrogen and oxygen atoms in total. The van der Waals surface area contributed by atoms with E-state index in [2.05, 4.69) is 11.2 Å². The highest BCUT2D eigenvalue weighted by molar-refractivity contribution is 5.81. The molecule has 1 rings (SSSR count). The third-order valence-electron chi connectivity index (χ3n) is 3.02. The van der Waals surface area contributed by atoms with Crippen LogP contribution in [0.2, 0.25) is 0 Å². The molecule has 1 aromatic rings. The maximum atomic E-state index is 12.1. The lowest BCUT2D eigenvalue weighted by molar-refractivity contribution is -0.145. The van der Waals surface area contributed by atoms with E-state index in [1.807, 2.05) is 38.1 Å². The fraction of sp³-hybridized carbons (Fsp3) is 0.438.